The summed E-state index contributed by atoms with van der Waals surface area (Å²) in [7, 11) is 0. The van der Waals surface area contributed by atoms with Crippen LogP contribution in [0.3, 0.4) is 0 Å². The van der Waals surface area contributed by atoms with Crippen LogP contribution < -0.4 is 26.2 Å². The number of carbonyl (C=O) groups excluding carboxylic acids is 3. The van der Waals surface area contributed by atoms with Crippen molar-refractivity contribution in [2.75, 3.05) is 50.2 Å². The normalized spacial score (nSPS) is 16.0. The first-order chi connectivity index (χ1) is 30.0. The Morgan fingerprint density at radius 3 is 2.47 bits per heavy atom. The Balaban J connectivity index is 0.777. The molecule has 1 fully saturated rings. The summed E-state index contributed by atoms with van der Waals surface area (Å²) >= 11 is 7.90. The second kappa shape index (κ2) is 18.8. The standard InChI is InChI=1S/C44H44ClN9O7S/c1-25-26(2)62-44-38(25)40(28-7-9-29(45)10-8-28)49-34(41-52-51-27(3)54(41)44)23-37(56)48-30-11-13-31(14-12-30)61-22-21-60-20-19-59-18-17-46-32-5-4-6-33-39(32)43(58)53(24-47-33)35-15-16-36(55)50-42(35)57/h4-14,24,34-35,46H,15-23H2,1-3H3,(H,48,56)(H,50,55,57)/t34-,35?/m0/s1. The van der Waals surface area contributed by atoms with Crippen LogP contribution in [0.1, 0.15) is 64.6 Å². The molecule has 0 spiro atoms. The summed E-state index contributed by atoms with van der Waals surface area (Å²) in [5, 5.41) is 19.4. The molecule has 3 N–H and O–H groups in total. The molecule has 8 rings (SSSR count). The van der Waals surface area contributed by atoms with E-state index in [1.54, 1.807) is 53.8 Å². The van der Waals surface area contributed by atoms with Gasteiger partial charge in [-0.15, -0.1) is 21.5 Å². The Hall–Kier alpha value is -6.27. The van der Waals surface area contributed by atoms with Crippen LogP contribution in [0.2, 0.25) is 5.02 Å². The average molecular weight is 878 g/mol. The summed E-state index contributed by atoms with van der Waals surface area (Å²) in [4.78, 5) is 61.7. The average Bonchev–Trinajstić information content (AvgIpc) is 3.74. The van der Waals surface area contributed by atoms with E-state index in [9.17, 15) is 19.2 Å². The minimum Gasteiger partial charge on any atom is -0.491 e. The smallest absolute Gasteiger partial charge is 0.264 e. The number of rotatable bonds is 16. The molecule has 0 saturated carbocycles. The zero-order chi connectivity index (χ0) is 43.3. The minimum absolute atomic E-state index is 0.0520. The predicted octanol–water partition coefficient (Wildman–Crippen LogP) is 6.04. The molecule has 0 bridgehead atoms. The molecule has 3 aromatic heterocycles. The molecule has 3 aromatic carbocycles. The number of nitrogens with one attached hydrogen (secondary N) is 3. The Morgan fingerprint density at radius 1 is 0.935 bits per heavy atom. The van der Waals surface area contributed by atoms with Gasteiger partial charge in [-0.1, -0.05) is 29.8 Å². The molecule has 18 heteroatoms. The summed E-state index contributed by atoms with van der Waals surface area (Å²) < 4.78 is 20.5. The number of thiophene rings is 1. The van der Waals surface area contributed by atoms with Gasteiger partial charge in [-0.3, -0.25) is 38.6 Å². The zero-order valence-electron chi connectivity index (χ0n) is 34.3. The third-order valence-corrected chi connectivity index (χ3v) is 12.1. The number of piperidine rings is 1. The number of halogens is 1. The van der Waals surface area contributed by atoms with Gasteiger partial charge < -0.3 is 24.8 Å². The summed E-state index contributed by atoms with van der Waals surface area (Å²) in [6.07, 6.45) is 1.80. The number of anilines is 2. The first-order valence-corrected chi connectivity index (χ1v) is 21.4. The third kappa shape index (κ3) is 9.16. The van der Waals surface area contributed by atoms with E-state index in [1.807, 2.05) is 35.8 Å². The van der Waals surface area contributed by atoms with Gasteiger partial charge >= 0.3 is 0 Å². The lowest BCUT2D eigenvalue weighted by molar-refractivity contribution is -0.135. The monoisotopic (exact) mass is 877 g/mol. The second-order valence-electron chi connectivity index (χ2n) is 14.8. The van der Waals surface area contributed by atoms with Crippen LogP contribution in [-0.2, 0) is 23.9 Å². The fourth-order valence-corrected chi connectivity index (χ4v) is 8.79. The highest BCUT2D eigenvalue weighted by atomic mass is 35.5. The van der Waals surface area contributed by atoms with E-state index in [2.05, 4.69) is 45.0 Å². The Bertz CT molecular complexity index is 2730. The summed E-state index contributed by atoms with van der Waals surface area (Å²) in [5.74, 6) is 0.877. The SMILES string of the molecule is Cc1sc2c(c1C)C(c1ccc(Cl)cc1)=N[C@@H](CC(=O)Nc1ccc(OCCOCCOCCNc3cccc4ncn(C5CCC(=O)NC5=O)c(=O)c34)cc1)c1nnc(C)n1-2. The summed E-state index contributed by atoms with van der Waals surface area (Å²) in [6.45, 7) is 8.24. The van der Waals surface area contributed by atoms with Crippen molar-refractivity contribution in [3.05, 3.63) is 122 Å². The highest BCUT2D eigenvalue weighted by molar-refractivity contribution is 7.15. The molecule has 0 radical (unpaired) electrons. The third-order valence-electron chi connectivity index (χ3n) is 10.7. The molecule has 16 nitrogen and oxygen atoms in total. The number of nitrogens with zero attached hydrogens (tertiary/aromatic N) is 6. The van der Waals surface area contributed by atoms with Crippen molar-refractivity contribution >= 4 is 68.6 Å². The maximum atomic E-state index is 13.5. The first-order valence-electron chi connectivity index (χ1n) is 20.2. The molecular weight excluding hydrogens is 834 g/mol. The maximum absolute atomic E-state index is 13.5. The van der Waals surface area contributed by atoms with Gasteiger partial charge in [0.15, 0.2) is 5.82 Å². The predicted molar refractivity (Wildman–Crippen MR) is 236 cm³/mol. The van der Waals surface area contributed by atoms with Crippen molar-refractivity contribution in [1.82, 2.24) is 29.6 Å². The molecule has 0 aliphatic carbocycles. The molecule has 2 atom stereocenters. The lowest BCUT2D eigenvalue weighted by Crippen LogP contribution is -2.44. The highest BCUT2D eigenvalue weighted by Crippen LogP contribution is 2.40. The van der Waals surface area contributed by atoms with Crippen molar-refractivity contribution in [3.8, 4) is 10.8 Å². The molecule has 5 heterocycles. The lowest BCUT2D eigenvalue weighted by Gasteiger charge is -2.23. The van der Waals surface area contributed by atoms with E-state index >= 15 is 0 Å². The van der Waals surface area contributed by atoms with E-state index in [-0.39, 0.29) is 36.6 Å². The number of aromatic nitrogens is 5. The fourth-order valence-electron chi connectivity index (χ4n) is 7.45. The maximum Gasteiger partial charge on any atom is 0.264 e. The number of ether oxygens (including phenoxy) is 3. The van der Waals surface area contributed by atoms with Crippen molar-refractivity contribution in [3.63, 3.8) is 0 Å². The van der Waals surface area contributed by atoms with Crippen molar-refractivity contribution in [2.45, 2.75) is 52.1 Å². The molecule has 320 valence electrons. The van der Waals surface area contributed by atoms with Gasteiger partial charge in [-0.05, 0) is 81.3 Å². The number of hydrogen-bond donors (Lipinski definition) is 3. The second-order valence-corrected chi connectivity index (χ2v) is 16.4. The molecule has 3 amide bonds. The van der Waals surface area contributed by atoms with Crippen LogP contribution in [0.5, 0.6) is 5.75 Å². The number of hydrogen-bond acceptors (Lipinski definition) is 13. The van der Waals surface area contributed by atoms with Gasteiger partial charge in [-0.2, -0.15) is 0 Å². The number of imide groups is 1. The molecular formula is C44H44ClN9O7S. The van der Waals surface area contributed by atoms with E-state index in [0.717, 1.165) is 33.2 Å². The topological polar surface area (TPSA) is 193 Å². The van der Waals surface area contributed by atoms with E-state index in [0.29, 0.717) is 78.5 Å². The molecule has 62 heavy (non-hydrogen) atoms. The van der Waals surface area contributed by atoms with Crippen LogP contribution >= 0.6 is 22.9 Å². The fraction of sp³-hybridized carbons (Fsp3) is 0.318. The molecule has 1 saturated heterocycles. The van der Waals surface area contributed by atoms with Crippen molar-refractivity contribution in [2.24, 2.45) is 4.99 Å². The largest absolute Gasteiger partial charge is 0.491 e. The van der Waals surface area contributed by atoms with Gasteiger partial charge in [0.2, 0.25) is 17.7 Å². The van der Waals surface area contributed by atoms with Crippen LogP contribution in [0.25, 0.3) is 15.9 Å². The number of fused-ring (bicyclic) bond motifs is 4. The minimum atomic E-state index is -0.796. The zero-order valence-corrected chi connectivity index (χ0v) is 35.8. The number of aliphatic imine (C=N–C) groups is 1. The summed E-state index contributed by atoms with van der Waals surface area (Å²) in [5.41, 5.74) is 5.14. The van der Waals surface area contributed by atoms with Crippen LogP contribution in [-0.4, -0.2) is 87.3 Å². The van der Waals surface area contributed by atoms with E-state index in [1.165, 1.54) is 15.8 Å². The molecule has 2 aliphatic rings. The van der Waals surface area contributed by atoms with Gasteiger partial charge in [0.1, 0.15) is 35.3 Å². The number of benzene rings is 3. The molecule has 1 unspecified atom stereocenters. The summed E-state index contributed by atoms with van der Waals surface area (Å²) in [6, 6.07) is 18.6. The quantitative estimate of drug-likeness (QED) is 0.0759. The van der Waals surface area contributed by atoms with E-state index < -0.39 is 18.0 Å². The van der Waals surface area contributed by atoms with Crippen molar-refractivity contribution < 1.29 is 28.6 Å². The number of amides is 3. The van der Waals surface area contributed by atoms with Crippen LogP contribution in [0.4, 0.5) is 11.4 Å². The lowest BCUT2D eigenvalue weighted by atomic mass is 9.99. The first kappa shape index (κ1) is 42.4. The van der Waals surface area contributed by atoms with Gasteiger partial charge in [-0.25, -0.2) is 4.98 Å². The Morgan fingerprint density at radius 2 is 1.69 bits per heavy atom. The van der Waals surface area contributed by atoms with E-state index in [4.69, 9.17) is 30.8 Å². The number of carbonyl (C=O) groups is 3. The van der Waals surface area contributed by atoms with Gasteiger partial charge in [0.25, 0.3) is 5.56 Å². The Labute approximate surface area is 365 Å². The molecule has 6 aromatic rings. The van der Waals surface area contributed by atoms with Crippen LogP contribution in [0.15, 0.2) is 82.8 Å². The van der Waals surface area contributed by atoms with Gasteiger partial charge in [0.05, 0.1) is 55.8 Å². The molecule has 2 aliphatic heterocycles. The Kier molecular flexibility index (Phi) is 12.8. The van der Waals surface area contributed by atoms with Crippen LogP contribution in [0, 0.1) is 20.8 Å². The van der Waals surface area contributed by atoms with Gasteiger partial charge in [0, 0.05) is 45.4 Å². The number of aryl methyl sites for hydroxylation is 2. The van der Waals surface area contributed by atoms with Crippen molar-refractivity contribution in [1.29, 1.82) is 0 Å². The highest BCUT2D eigenvalue weighted by Gasteiger charge is 2.33.